The molecule has 2 atom stereocenters. The second-order valence-corrected chi connectivity index (χ2v) is 6.23. The third-order valence-corrected chi connectivity index (χ3v) is 2.84. The van der Waals surface area contributed by atoms with E-state index in [4.69, 9.17) is 4.74 Å². The molecule has 0 spiro atoms. The van der Waals surface area contributed by atoms with Crippen LogP contribution in [0.25, 0.3) is 0 Å². The second kappa shape index (κ2) is 7.63. The fraction of sp³-hybridized carbons (Fsp3) is 0.625. The van der Waals surface area contributed by atoms with Gasteiger partial charge in [0.2, 0.25) is 0 Å². The highest BCUT2D eigenvalue weighted by atomic mass is 16.5. The van der Waals surface area contributed by atoms with Crippen molar-refractivity contribution in [1.29, 1.82) is 0 Å². The average Bonchev–Trinajstić information content (AvgIpc) is 2.35. The van der Waals surface area contributed by atoms with Gasteiger partial charge in [0.1, 0.15) is 0 Å². The number of hydrogen-bond donors (Lipinski definition) is 2. The lowest BCUT2D eigenvalue weighted by atomic mass is 9.97. The fourth-order valence-electron chi connectivity index (χ4n) is 1.75. The summed E-state index contributed by atoms with van der Waals surface area (Å²) in [4.78, 5) is 0. The Hall–Kier alpha value is -0.900. The van der Waals surface area contributed by atoms with Crippen LogP contribution < -0.4 is 5.32 Å². The Kier molecular flexibility index (Phi) is 6.49. The summed E-state index contributed by atoms with van der Waals surface area (Å²) in [6.07, 6.45) is -0.452. The summed E-state index contributed by atoms with van der Waals surface area (Å²) in [7, 11) is 0. The molecule has 0 aromatic heterocycles. The SMILES string of the molecule is CC(OCC(O)CNCC(C)(C)C)c1ccccc1. The molecule has 3 heteroatoms. The molecule has 108 valence electrons. The molecule has 2 N–H and O–H groups in total. The summed E-state index contributed by atoms with van der Waals surface area (Å²) in [6, 6.07) is 10.1. The topological polar surface area (TPSA) is 41.5 Å². The van der Waals surface area contributed by atoms with Gasteiger partial charge in [0.05, 0.1) is 18.8 Å². The molecule has 1 aromatic carbocycles. The highest BCUT2D eigenvalue weighted by Crippen LogP contribution is 2.16. The summed E-state index contributed by atoms with van der Waals surface area (Å²) in [6.45, 7) is 10.3. The summed E-state index contributed by atoms with van der Waals surface area (Å²) in [5.74, 6) is 0. The molecule has 0 aliphatic heterocycles. The summed E-state index contributed by atoms with van der Waals surface area (Å²) in [5, 5.41) is 13.1. The molecule has 3 nitrogen and oxygen atoms in total. The van der Waals surface area contributed by atoms with Crippen molar-refractivity contribution in [2.45, 2.75) is 39.9 Å². The van der Waals surface area contributed by atoms with Crippen molar-refractivity contribution in [1.82, 2.24) is 5.32 Å². The van der Waals surface area contributed by atoms with Crippen LogP contribution in [0.3, 0.4) is 0 Å². The van der Waals surface area contributed by atoms with Crippen LogP contribution in [0.2, 0.25) is 0 Å². The molecule has 0 bridgehead atoms. The average molecular weight is 265 g/mol. The minimum absolute atomic E-state index is 0.0125. The van der Waals surface area contributed by atoms with Crippen molar-refractivity contribution in [3.05, 3.63) is 35.9 Å². The molecule has 0 fully saturated rings. The molecule has 0 aliphatic carbocycles. The first-order chi connectivity index (χ1) is 8.88. The van der Waals surface area contributed by atoms with Gasteiger partial charge in [-0.15, -0.1) is 0 Å². The van der Waals surface area contributed by atoms with Crippen molar-refractivity contribution < 1.29 is 9.84 Å². The predicted octanol–water partition coefficient (Wildman–Crippen LogP) is 2.76. The van der Waals surface area contributed by atoms with Crippen molar-refractivity contribution >= 4 is 0 Å². The van der Waals surface area contributed by atoms with Gasteiger partial charge in [-0.05, 0) is 17.9 Å². The van der Waals surface area contributed by atoms with Gasteiger partial charge in [0, 0.05) is 13.1 Å². The van der Waals surface area contributed by atoms with Crippen LogP contribution in [0.1, 0.15) is 39.4 Å². The normalized spacial score (nSPS) is 15.2. The highest BCUT2D eigenvalue weighted by molar-refractivity contribution is 5.16. The Bertz CT molecular complexity index is 346. The van der Waals surface area contributed by atoms with Crippen LogP contribution in [-0.2, 0) is 4.74 Å². The number of aliphatic hydroxyl groups excluding tert-OH is 1. The van der Waals surface area contributed by atoms with Crippen LogP contribution in [0.15, 0.2) is 30.3 Å². The van der Waals surface area contributed by atoms with Crippen LogP contribution in [-0.4, -0.2) is 30.9 Å². The van der Waals surface area contributed by atoms with E-state index in [9.17, 15) is 5.11 Å². The largest absolute Gasteiger partial charge is 0.389 e. The standard InChI is InChI=1S/C16H27NO2/c1-13(14-8-6-5-7-9-14)19-11-15(18)10-17-12-16(2,3)4/h5-9,13,15,17-18H,10-12H2,1-4H3. The van der Waals surface area contributed by atoms with Gasteiger partial charge in [-0.1, -0.05) is 51.1 Å². The van der Waals surface area contributed by atoms with E-state index < -0.39 is 6.10 Å². The van der Waals surface area contributed by atoms with Gasteiger partial charge in [-0.25, -0.2) is 0 Å². The number of rotatable bonds is 7. The number of ether oxygens (including phenoxy) is 1. The van der Waals surface area contributed by atoms with Crippen molar-refractivity contribution in [3.63, 3.8) is 0 Å². The Labute approximate surface area is 117 Å². The fourth-order valence-corrected chi connectivity index (χ4v) is 1.75. The molecule has 0 saturated carbocycles. The van der Waals surface area contributed by atoms with E-state index in [0.717, 1.165) is 12.1 Å². The lowest BCUT2D eigenvalue weighted by Crippen LogP contribution is -2.35. The molecule has 0 heterocycles. The Morgan fingerprint density at radius 3 is 2.42 bits per heavy atom. The Balaban J connectivity index is 2.21. The summed E-state index contributed by atoms with van der Waals surface area (Å²) < 4.78 is 5.68. The lowest BCUT2D eigenvalue weighted by molar-refractivity contribution is -0.00254. The van der Waals surface area contributed by atoms with E-state index in [1.165, 1.54) is 0 Å². The number of aliphatic hydroxyl groups is 1. The molecular formula is C16H27NO2. The smallest absolute Gasteiger partial charge is 0.0897 e. The van der Waals surface area contributed by atoms with Crippen molar-refractivity contribution in [3.8, 4) is 0 Å². The predicted molar refractivity (Wildman–Crippen MR) is 79.1 cm³/mol. The quantitative estimate of drug-likeness (QED) is 0.796. The molecule has 1 aromatic rings. The van der Waals surface area contributed by atoms with Crippen molar-refractivity contribution in [2.75, 3.05) is 19.7 Å². The molecule has 0 amide bonds. The van der Waals surface area contributed by atoms with Gasteiger partial charge in [-0.3, -0.25) is 0 Å². The molecule has 0 radical (unpaired) electrons. The zero-order valence-electron chi connectivity index (χ0n) is 12.5. The number of hydrogen-bond acceptors (Lipinski definition) is 3. The Morgan fingerprint density at radius 2 is 1.84 bits per heavy atom. The summed E-state index contributed by atoms with van der Waals surface area (Å²) >= 11 is 0. The van der Waals surface area contributed by atoms with E-state index >= 15 is 0 Å². The number of nitrogens with one attached hydrogen (secondary N) is 1. The van der Waals surface area contributed by atoms with E-state index in [0.29, 0.717) is 13.2 Å². The maximum atomic E-state index is 9.85. The molecule has 0 aliphatic rings. The molecule has 19 heavy (non-hydrogen) atoms. The zero-order chi connectivity index (χ0) is 14.3. The van der Waals surface area contributed by atoms with E-state index in [2.05, 4.69) is 26.1 Å². The first-order valence-electron chi connectivity index (χ1n) is 6.94. The lowest BCUT2D eigenvalue weighted by Gasteiger charge is -2.21. The second-order valence-electron chi connectivity index (χ2n) is 6.23. The van der Waals surface area contributed by atoms with E-state index in [-0.39, 0.29) is 11.5 Å². The molecule has 1 rings (SSSR count). The molecule has 0 saturated heterocycles. The van der Waals surface area contributed by atoms with Gasteiger partial charge >= 0.3 is 0 Å². The highest BCUT2D eigenvalue weighted by Gasteiger charge is 2.12. The maximum Gasteiger partial charge on any atom is 0.0897 e. The van der Waals surface area contributed by atoms with E-state index in [1.807, 2.05) is 37.3 Å². The van der Waals surface area contributed by atoms with Gasteiger partial charge in [-0.2, -0.15) is 0 Å². The third kappa shape index (κ3) is 7.31. The van der Waals surface area contributed by atoms with Crippen LogP contribution >= 0.6 is 0 Å². The Morgan fingerprint density at radius 1 is 1.21 bits per heavy atom. The van der Waals surface area contributed by atoms with E-state index in [1.54, 1.807) is 0 Å². The summed E-state index contributed by atoms with van der Waals surface area (Å²) in [5.41, 5.74) is 1.37. The monoisotopic (exact) mass is 265 g/mol. The minimum atomic E-state index is -0.464. The minimum Gasteiger partial charge on any atom is -0.389 e. The first-order valence-corrected chi connectivity index (χ1v) is 6.94. The van der Waals surface area contributed by atoms with Crippen LogP contribution in [0.5, 0.6) is 0 Å². The zero-order valence-corrected chi connectivity index (χ0v) is 12.5. The molecule has 2 unspecified atom stereocenters. The molecular weight excluding hydrogens is 238 g/mol. The van der Waals surface area contributed by atoms with Gasteiger partial charge in [0.25, 0.3) is 0 Å². The van der Waals surface area contributed by atoms with Crippen LogP contribution in [0.4, 0.5) is 0 Å². The van der Waals surface area contributed by atoms with Crippen molar-refractivity contribution in [2.24, 2.45) is 5.41 Å². The third-order valence-electron chi connectivity index (χ3n) is 2.84. The van der Waals surface area contributed by atoms with Crippen LogP contribution in [0, 0.1) is 5.41 Å². The maximum absolute atomic E-state index is 9.85. The van der Waals surface area contributed by atoms with Gasteiger partial charge < -0.3 is 15.2 Å². The number of benzene rings is 1. The first kappa shape index (κ1) is 16.2. The van der Waals surface area contributed by atoms with Gasteiger partial charge in [0.15, 0.2) is 0 Å².